The zero-order valence-electron chi connectivity index (χ0n) is 5.97. The quantitative estimate of drug-likeness (QED) is 0.581. The van der Waals surface area contributed by atoms with Gasteiger partial charge in [0.2, 0.25) is 6.33 Å². The maximum Gasteiger partial charge on any atom is 0.426 e. The molecule has 1 aromatic heterocycles. The van der Waals surface area contributed by atoms with Crippen LogP contribution in [0.2, 0.25) is 0 Å². The molecule has 1 aromatic rings. The van der Waals surface area contributed by atoms with Crippen LogP contribution in [0.4, 0.5) is 13.2 Å². The van der Waals surface area contributed by atoms with Crippen LogP contribution < -0.4 is 4.57 Å². The van der Waals surface area contributed by atoms with E-state index in [2.05, 4.69) is 0 Å². The second kappa shape index (κ2) is 3.60. The first kappa shape index (κ1) is 11.0. The van der Waals surface area contributed by atoms with Crippen LogP contribution in [-0.4, -0.2) is 10.7 Å². The average Bonchev–Trinajstić information content (AvgIpc) is 2.10. The second-order valence-corrected chi connectivity index (χ2v) is 2.37. The number of halogens is 3. The summed E-state index contributed by atoms with van der Waals surface area (Å²) in [7, 11) is 1.67. The third kappa shape index (κ3) is 3.41. The van der Waals surface area contributed by atoms with E-state index >= 15 is 0 Å². The van der Waals surface area contributed by atoms with Crippen molar-refractivity contribution in [3.05, 3.63) is 18.7 Å². The van der Waals surface area contributed by atoms with Gasteiger partial charge in [0.05, 0.1) is 7.05 Å². The molecule has 0 spiro atoms. The van der Waals surface area contributed by atoms with Crippen LogP contribution >= 0.6 is 0 Å². The van der Waals surface area contributed by atoms with Gasteiger partial charge in [-0.1, -0.05) is 7.43 Å². The molecule has 0 aromatic carbocycles. The maximum absolute atomic E-state index is 11.7. The van der Waals surface area contributed by atoms with Gasteiger partial charge in [-0.3, -0.25) is 0 Å². The van der Waals surface area contributed by atoms with Crippen LogP contribution in [0.3, 0.4) is 0 Å². The Kier molecular flexibility index (Phi) is 3.30. The van der Waals surface area contributed by atoms with Gasteiger partial charge in [0.15, 0.2) is 6.54 Å². The van der Waals surface area contributed by atoms with Crippen LogP contribution in [0.1, 0.15) is 7.43 Å². The van der Waals surface area contributed by atoms with Crippen molar-refractivity contribution in [2.45, 2.75) is 20.1 Å². The number of aromatic nitrogens is 2. The van der Waals surface area contributed by atoms with Gasteiger partial charge in [-0.15, -0.1) is 0 Å². The van der Waals surface area contributed by atoms with Crippen molar-refractivity contribution in [2.24, 2.45) is 7.05 Å². The fraction of sp³-hybridized carbons (Fsp3) is 0.571. The monoisotopic (exact) mass is 181 g/mol. The van der Waals surface area contributed by atoms with E-state index in [1.807, 2.05) is 0 Å². The van der Waals surface area contributed by atoms with E-state index in [0.717, 1.165) is 4.57 Å². The van der Waals surface area contributed by atoms with Crippen molar-refractivity contribution in [3.8, 4) is 0 Å². The summed E-state index contributed by atoms with van der Waals surface area (Å²) in [6.07, 6.45) is 0.193. The van der Waals surface area contributed by atoms with Gasteiger partial charge in [0.1, 0.15) is 12.4 Å². The molecule has 0 radical (unpaired) electrons. The summed E-state index contributed by atoms with van der Waals surface area (Å²) in [6, 6.07) is 0. The largest absolute Gasteiger partial charge is 0.426 e. The number of hydrogen-bond donors (Lipinski definition) is 0. The minimum absolute atomic E-state index is 0. The molecule has 0 aliphatic heterocycles. The van der Waals surface area contributed by atoms with Crippen molar-refractivity contribution >= 4 is 0 Å². The number of rotatable bonds is 1. The van der Waals surface area contributed by atoms with Gasteiger partial charge in [0, 0.05) is 0 Å². The van der Waals surface area contributed by atoms with Gasteiger partial charge >= 0.3 is 6.18 Å². The minimum atomic E-state index is -4.13. The molecule has 1 heterocycles. The first-order valence-corrected chi connectivity index (χ1v) is 3.05. The Morgan fingerprint density at radius 2 is 2.00 bits per heavy atom. The third-order valence-electron chi connectivity index (χ3n) is 1.19. The Labute approximate surface area is 69.2 Å². The topological polar surface area (TPSA) is 8.81 Å². The summed E-state index contributed by atoms with van der Waals surface area (Å²) in [5.74, 6) is 0. The van der Waals surface area contributed by atoms with Crippen LogP contribution in [-0.2, 0) is 13.6 Å². The predicted molar refractivity (Wildman–Crippen MR) is 38.4 cm³/mol. The zero-order valence-corrected chi connectivity index (χ0v) is 5.97. The van der Waals surface area contributed by atoms with Crippen LogP contribution in [0.5, 0.6) is 0 Å². The summed E-state index contributed by atoms with van der Waals surface area (Å²) >= 11 is 0. The lowest BCUT2D eigenvalue weighted by Crippen LogP contribution is -2.25. The van der Waals surface area contributed by atoms with Gasteiger partial charge < -0.3 is 0 Å². The zero-order chi connectivity index (χ0) is 8.48. The highest BCUT2D eigenvalue weighted by Crippen LogP contribution is 2.16. The fourth-order valence-electron chi connectivity index (χ4n) is 0.802. The average molecular weight is 181 g/mol. The van der Waals surface area contributed by atoms with E-state index in [9.17, 15) is 13.2 Å². The van der Waals surface area contributed by atoms with E-state index in [4.69, 9.17) is 0 Å². The molecule has 0 aliphatic carbocycles. The third-order valence-corrected chi connectivity index (χ3v) is 1.19. The molecule has 1 rings (SSSR count). The Bertz CT molecular complexity index is 239. The molecule has 0 unspecified atom stereocenters. The molecule has 0 bridgehead atoms. The smallest absolute Gasteiger partial charge is 0.240 e. The van der Waals surface area contributed by atoms with Crippen LogP contribution in [0.25, 0.3) is 0 Å². The van der Waals surface area contributed by atoms with Crippen LogP contribution in [0.15, 0.2) is 18.7 Å². The van der Waals surface area contributed by atoms with Gasteiger partial charge in [0.25, 0.3) is 0 Å². The molecule has 0 fully saturated rings. The molecule has 0 saturated heterocycles. The lowest BCUT2D eigenvalue weighted by molar-refractivity contribution is -0.671. The lowest BCUT2D eigenvalue weighted by atomic mass is 10.6. The predicted octanol–water partition coefficient (Wildman–Crippen LogP) is 1.51. The van der Waals surface area contributed by atoms with Crippen molar-refractivity contribution in [3.63, 3.8) is 0 Å². The highest BCUT2D eigenvalue weighted by Gasteiger charge is 2.30. The second-order valence-electron chi connectivity index (χ2n) is 2.37. The number of nitrogens with zero attached hydrogens (tertiary/aromatic N) is 2. The molecular weight excluding hydrogens is 169 g/mol. The first-order chi connectivity index (χ1) is 4.97. The van der Waals surface area contributed by atoms with Crippen molar-refractivity contribution < 1.29 is 17.7 Å². The molecular formula is C7H12F3N2+. The molecule has 0 atom stereocenters. The number of imidazole rings is 1. The minimum Gasteiger partial charge on any atom is -0.240 e. The SMILES string of the molecule is C.C[n+]1ccn(CC(F)(F)F)c1. The Balaban J connectivity index is 0.00000121. The number of alkyl halides is 3. The Morgan fingerprint density at radius 1 is 1.42 bits per heavy atom. The molecule has 12 heavy (non-hydrogen) atoms. The molecule has 2 nitrogen and oxygen atoms in total. The molecule has 70 valence electrons. The van der Waals surface area contributed by atoms with Crippen molar-refractivity contribution in [1.82, 2.24) is 4.57 Å². The summed E-state index contributed by atoms with van der Waals surface area (Å²) in [4.78, 5) is 0. The van der Waals surface area contributed by atoms with Gasteiger partial charge in [-0.2, -0.15) is 13.2 Å². The maximum atomic E-state index is 11.7. The summed E-state index contributed by atoms with van der Waals surface area (Å²) in [5, 5.41) is 0. The lowest BCUT2D eigenvalue weighted by Gasteiger charge is -2.00. The number of aryl methyl sites for hydroxylation is 1. The summed E-state index contributed by atoms with van der Waals surface area (Å²) in [5.41, 5.74) is 0. The summed E-state index contributed by atoms with van der Waals surface area (Å²) in [6.45, 7) is -0.923. The standard InChI is InChI=1S/C6H8F3N2.CH4/c1-10-2-3-11(5-10)4-6(7,8)9;/h2-3,5H,4H2,1H3;1H4/q+1;. The Hall–Kier alpha value is -1.00. The molecule has 5 heteroatoms. The van der Waals surface area contributed by atoms with Gasteiger partial charge in [-0.25, -0.2) is 9.13 Å². The van der Waals surface area contributed by atoms with E-state index in [-0.39, 0.29) is 7.43 Å². The number of hydrogen-bond acceptors (Lipinski definition) is 0. The van der Waals surface area contributed by atoms with Crippen molar-refractivity contribution in [2.75, 3.05) is 0 Å². The molecule has 0 amide bonds. The van der Waals surface area contributed by atoms with Crippen molar-refractivity contribution in [1.29, 1.82) is 0 Å². The molecule has 0 N–H and O–H groups in total. The fourth-order valence-corrected chi connectivity index (χ4v) is 0.802. The van der Waals surface area contributed by atoms with E-state index < -0.39 is 12.7 Å². The summed E-state index contributed by atoms with van der Waals surface area (Å²) < 4.78 is 37.8. The van der Waals surface area contributed by atoms with Gasteiger partial charge in [-0.05, 0) is 0 Å². The van der Waals surface area contributed by atoms with E-state index in [0.29, 0.717) is 0 Å². The van der Waals surface area contributed by atoms with Crippen LogP contribution in [0, 0.1) is 0 Å². The van der Waals surface area contributed by atoms with E-state index in [1.165, 1.54) is 12.5 Å². The Morgan fingerprint density at radius 3 is 2.33 bits per heavy atom. The highest BCUT2D eigenvalue weighted by atomic mass is 19.4. The molecule has 0 saturated carbocycles. The highest BCUT2D eigenvalue weighted by molar-refractivity contribution is 4.67. The molecule has 0 aliphatic rings. The normalized spacial score (nSPS) is 11.0. The first-order valence-electron chi connectivity index (χ1n) is 3.05. The van der Waals surface area contributed by atoms with E-state index in [1.54, 1.807) is 17.8 Å².